The van der Waals surface area contributed by atoms with Crippen LogP contribution in [0.4, 0.5) is 0 Å². The van der Waals surface area contributed by atoms with Crippen LogP contribution in [0.25, 0.3) is 0 Å². The minimum absolute atomic E-state index is 0.134. The second kappa shape index (κ2) is 13.7. The van der Waals surface area contributed by atoms with E-state index in [0.29, 0.717) is 22.2 Å². The van der Waals surface area contributed by atoms with Crippen molar-refractivity contribution in [1.82, 2.24) is 10.2 Å². The maximum absolute atomic E-state index is 13.8. The number of rotatable bonds is 10. The van der Waals surface area contributed by atoms with E-state index in [-0.39, 0.29) is 31.0 Å². The molecular weight excluding hydrogens is 519 g/mol. The van der Waals surface area contributed by atoms with Gasteiger partial charge in [-0.2, -0.15) is 0 Å². The van der Waals surface area contributed by atoms with Gasteiger partial charge >= 0.3 is 0 Å². The zero-order chi connectivity index (χ0) is 26.9. The molecule has 1 atom stereocenters. The maximum atomic E-state index is 13.8. The predicted molar refractivity (Wildman–Crippen MR) is 153 cm³/mol. The zero-order valence-corrected chi connectivity index (χ0v) is 23.2. The van der Waals surface area contributed by atoms with Crippen LogP contribution >= 0.6 is 23.2 Å². The molecule has 0 spiro atoms. The molecule has 0 aliphatic heterocycles. The fraction of sp³-hybridized carbons (Fsp3) is 0.355. The monoisotopic (exact) mass is 552 g/mol. The fourth-order valence-electron chi connectivity index (χ4n) is 4.82. The molecule has 200 valence electrons. The van der Waals surface area contributed by atoms with E-state index in [1.807, 2.05) is 49.4 Å². The summed E-state index contributed by atoms with van der Waals surface area (Å²) in [6.07, 6.45) is 5.75. The molecule has 1 N–H and O–H groups in total. The van der Waals surface area contributed by atoms with Crippen molar-refractivity contribution in [2.75, 3.05) is 6.61 Å². The van der Waals surface area contributed by atoms with Crippen LogP contribution < -0.4 is 10.1 Å². The average molecular weight is 554 g/mol. The van der Waals surface area contributed by atoms with E-state index in [1.165, 1.54) is 6.42 Å². The molecule has 5 nitrogen and oxygen atoms in total. The van der Waals surface area contributed by atoms with Gasteiger partial charge in [-0.1, -0.05) is 84.9 Å². The highest BCUT2D eigenvalue weighted by Gasteiger charge is 2.32. The Morgan fingerprint density at radius 2 is 1.66 bits per heavy atom. The number of halogens is 2. The van der Waals surface area contributed by atoms with Crippen molar-refractivity contribution in [2.45, 2.75) is 64.1 Å². The van der Waals surface area contributed by atoms with E-state index in [9.17, 15) is 9.59 Å². The van der Waals surface area contributed by atoms with Crippen LogP contribution in [-0.4, -0.2) is 35.4 Å². The number of amides is 2. The van der Waals surface area contributed by atoms with Crippen molar-refractivity contribution in [1.29, 1.82) is 0 Å². The first kappa shape index (κ1) is 28.0. The molecule has 4 rings (SSSR count). The van der Waals surface area contributed by atoms with Gasteiger partial charge in [0.05, 0.1) is 0 Å². The first-order valence-electron chi connectivity index (χ1n) is 13.2. The summed E-state index contributed by atoms with van der Waals surface area (Å²) >= 11 is 12.3. The fourth-order valence-corrected chi connectivity index (χ4v) is 5.06. The highest BCUT2D eigenvalue weighted by atomic mass is 35.5. The lowest BCUT2D eigenvalue weighted by Gasteiger charge is -2.33. The number of aryl methyl sites for hydroxylation is 1. The Bertz CT molecular complexity index is 1210. The average Bonchev–Trinajstić information content (AvgIpc) is 2.93. The van der Waals surface area contributed by atoms with Crippen molar-refractivity contribution in [2.24, 2.45) is 0 Å². The molecule has 1 fully saturated rings. The summed E-state index contributed by atoms with van der Waals surface area (Å²) in [4.78, 5) is 29.2. The molecule has 38 heavy (non-hydrogen) atoms. The number of nitrogens with zero attached hydrogens (tertiary/aromatic N) is 1. The SMILES string of the molecule is Cc1cc(OCC(=O)N(Cc2ccc(Cl)cc2)C(Cc2ccccc2)C(=O)NC2CCCCC2)ccc1Cl. The summed E-state index contributed by atoms with van der Waals surface area (Å²) < 4.78 is 5.87. The molecule has 7 heteroatoms. The van der Waals surface area contributed by atoms with Gasteiger partial charge in [0.1, 0.15) is 11.8 Å². The first-order chi connectivity index (χ1) is 18.4. The van der Waals surface area contributed by atoms with Crippen molar-refractivity contribution in [3.05, 3.63) is 99.5 Å². The van der Waals surface area contributed by atoms with Crippen LogP contribution in [0.2, 0.25) is 10.0 Å². The van der Waals surface area contributed by atoms with Crippen LogP contribution in [0.1, 0.15) is 48.8 Å². The lowest BCUT2D eigenvalue weighted by molar-refractivity contribution is -0.143. The van der Waals surface area contributed by atoms with Crippen molar-refractivity contribution in [3.8, 4) is 5.75 Å². The number of hydrogen-bond donors (Lipinski definition) is 1. The molecule has 1 saturated carbocycles. The van der Waals surface area contributed by atoms with Crippen LogP contribution in [0.15, 0.2) is 72.8 Å². The zero-order valence-electron chi connectivity index (χ0n) is 21.7. The molecule has 1 aliphatic carbocycles. The normalized spacial score (nSPS) is 14.5. The number of benzene rings is 3. The van der Waals surface area contributed by atoms with Gasteiger partial charge in [-0.05, 0) is 66.8 Å². The van der Waals surface area contributed by atoms with Crippen LogP contribution in [-0.2, 0) is 22.6 Å². The number of hydrogen-bond acceptors (Lipinski definition) is 3. The number of carbonyl (C=O) groups is 2. The quantitative estimate of drug-likeness (QED) is 0.302. The summed E-state index contributed by atoms with van der Waals surface area (Å²) in [5, 5.41) is 4.50. The summed E-state index contributed by atoms with van der Waals surface area (Å²) in [5.74, 6) is 0.149. The number of ether oxygens (including phenoxy) is 1. The van der Waals surface area contributed by atoms with Crippen molar-refractivity contribution < 1.29 is 14.3 Å². The lowest BCUT2D eigenvalue weighted by Crippen LogP contribution is -2.53. The Kier molecular flexibility index (Phi) is 10.1. The van der Waals surface area contributed by atoms with E-state index in [0.717, 1.165) is 42.4 Å². The predicted octanol–water partition coefficient (Wildman–Crippen LogP) is 6.77. The first-order valence-corrected chi connectivity index (χ1v) is 13.9. The molecule has 0 aromatic heterocycles. The topological polar surface area (TPSA) is 58.6 Å². The van der Waals surface area contributed by atoms with Crippen LogP contribution in [0.3, 0.4) is 0 Å². The van der Waals surface area contributed by atoms with Gasteiger partial charge < -0.3 is 15.0 Å². The minimum Gasteiger partial charge on any atom is -0.484 e. The van der Waals surface area contributed by atoms with Crippen molar-refractivity contribution >= 4 is 35.0 Å². The molecule has 2 amide bonds. The van der Waals surface area contributed by atoms with E-state index in [1.54, 1.807) is 35.2 Å². The number of nitrogens with one attached hydrogen (secondary N) is 1. The van der Waals surface area contributed by atoms with Gasteiger partial charge in [-0.25, -0.2) is 0 Å². The molecule has 0 bridgehead atoms. The summed E-state index contributed by atoms with van der Waals surface area (Å²) in [6, 6.07) is 21.9. The standard InChI is InChI=1S/C31H34Cl2N2O3/c1-22-18-27(16-17-28(22)33)38-21-30(36)35(20-24-12-14-25(32)15-13-24)29(19-23-8-4-2-5-9-23)31(37)34-26-10-6-3-7-11-26/h2,4-5,8-9,12-18,26,29H,3,6-7,10-11,19-21H2,1H3,(H,34,37). The van der Waals surface area contributed by atoms with Gasteiger partial charge in [-0.15, -0.1) is 0 Å². The Hall–Kier alpha value is -3.02. The summed E-state index contributed by atoms with van der Waals surface area (Å²) in [7, 11) is 0. The smallest absolute Gasteiger partial charge is 0.261 e. The Balaban J connectivity index is 1.60. The molecule has 3 aromatic carbocycles. The largest absolute Gasteiger partial charge is 0.484 e. The maximum Gasteiger partial charge on any atom is 0.261 e. The summed E-state index contributed by atoms with van der Waals surface area (Å²) in [6.45, 7) is 1.95. The summed E-state index contributed by atoms with van der Waals surface area (Å²) in [5.41, 5.74) is 2.73. The van der Waals surface area contributed by atoms with Gasteiger partial charge in [0.15, 0.2) is 6.61 Å². The Morgan fingerprint density at radius 1 is 0.947 bits per heavy atom. The highest BCUT2D eigenvalue weighted by Crippen LogP contribution is 2.23. The second-order valence-corrected chi connectivity index (χ2v) is 10.7. The Labute approximate surface area is 235 Å². The van der Waals surface area contributed by atoms with E-state index >= 15 is 0 Å². The highest BCUT2D eigenvalue weighted by molar-refractivity contribution is 6.31. The van der Waals surface area contributed by atoms with E-state index in [2.05, 4.69) is 5.32 Å². The number of carbonyl (C=O) groups excluding carboxylic acids is 2. The molecule has 1 unspecified atom stereocenters. The molecular formula is C31H34Cl2N2O3. The van der Waals surface area contributed by atoms with Gasteiger partial charge in [0.2, 0.25) is 5.91 Å². The van der Waals surface area contributed by atoms with Gasteiger partial charge in [0.25, 0.3) is 5.91 Å². The van der Waals surface area contributed by atoms with E-state index < -0.39 is 6.04 Å². The molecule has 1 aliphatic rings. The molecule has 0 radical (unpaired) electrons. The third-order valence-corrected chi connectivity index (χ3v) is 7.66. The molecule has 3 aromatic rings. The minimum atomic E-state index is -0.696. The molecule has 0 saturated heterocycles. The van der Waals surface area contributed by atoms with Gasteiger partial charge in [0, 0.05) is 29.1 Å². The van der Waals surface area contributed by atoms with Crippen LogP contribution in [0, 0.1) is 6.92 Å². The van der Waals surface area contributed by atoms with Gasteiger partial charge in [-0.3, -0.25) is 9.59 Å². The van der Waals surface area contributed by atoms with Crippen molar-refractivity contribution in [3.63, 3.8) is 0 Å². The third-order valence-electron chi connectivity index (χ3n) is 6.98. The Morgan fingerprint density at radius 3 is 2.34 bits per heavy atom. The third kappa shape index (κ3) is 7.99. The molecule has 0 heterocycles. The van der Waals surface area contributed by atoms with E-state index in [4.69, 9.17) is 27.9 Å². The lowest BCUT2D eigenvalue weighted by atomic mass is 9.94. The van der Waals surface area contributed by atoms with Crippen LogP contribution in [0.5, 0.6) is 5.75 Å². The second-order valence-electron chi connectivity index (χ2n) is 9.90.